The number of halogens is 3. The van der Waals surface area contributed by atoms with Gasteiger partial charge in [0.2, 0.25) is 5.79 Å². The van der Waals surface area contributed by atoms with E-state index in [4.69, 9.17) is 47.4 Å². The van der Waals surface area contributed by atoms with Crippen molar-refractivity contribution < 1.29 is 14.2 Å². The zero-order valence-electron chi connectivity index (χ0n) is 10.0. The summed E-state index contributed by atoms with van der Waals surface area (Å²) >= 11 is 17.3. The second kappa shape index (κ2) is 5.10. The molecule has 0 radical (unpaired) electrons. The van der Waals surface area contributed by atoms with Crippen LogP contribution in [0.4, 0.5) is 0 Å². The molecule has 1 heterocycles. The van der Waals surface area contributed by atoms with Crippen molar-refractivity contribution in [1.82, 2.24) is 0 Å². The van der Waals surface area contributed by atoms with Gasteiger partial charge in [0, 0.05) is 19.4 Å². The van der Waals surface area contributed by atoms with Crippen molar-refractivity contribution in [3.8, 4) is 11.5 Å². The Kier molecular flexibility index (Phi) is 4.04. The van der Waals surface area contributed by atoms with Gasteiger partial charge in [-0.1, -0.05) is 0 Å². The van der Waals surface area contributed by atoms with E-state index in [1.165, 1.54) is 0 Å². The highest BCUT2D eigenvalue weighted by Gasteiger charge is 2.29. The van der Waals surface area contributed by atoms with Crippen molar-refractivity contribution in [3.63, 3.8) is 0 Å². The average Bonchev–Trinajstić information content (AvgIpc) is 2.24. The first-order valence-electron chi connectivity index (χ1n) is 5.41. The normalized spacial score (nSPS) is 17.8. The first kappa shape index (κ1) is 14.3. The molecule has 100 valence electrons. The number of benzene rings is 1. The summed E-state index contributed by atoms with van der Waals surface area (Å²) in [5, 5.41) is 0. The Morgan fingerprint density at radius 2 is 2.06 bits per heavy atom. The van der Waals surface area contributed by atoms with Gasteiger partial charge in [0.1, 0.15) is 17.7 Å². The minimum atomic E-state index is -2.77. The van der Waals surface area contributed by atoms with Gasteiger partial charge in [0.15, 0.2) is 0 Å². The molecule has 0 bridgehead atoms. The van der Waals surface area contributed by atoms with Gasteiger partial charge in [0.25, 0.3) is 0 Å². The maximum atomic E-state index is 5.76. The lowest BCUT2D eigenvalue weighted by Gasteiger charge is -2.32. The summed E-state index contributed by atoms with van der Waals surface area (Å²) in [6.45, 7) is 4.22. The number of fused-ring (bicyclic) bond motifs is 1. The molecule has 0 saturated heterocycles. The average molecular weight is 328 g/mol. The Balaban J connectivity index is 2.09. The van der Waals surface area contributed by atoms with Crippen molar-refractivity contribution in [2.75, 3.05) is 6.23 Å². The van der Waals surface area contributed by atoms with Crippen molar-refractivity contribution >= 4 is 39.2 Å². The third kappa shape index (κ3) is 3.93. The lowest BCUT2D eigenvalue weighted by atomic mass is 10.1. The van der Waals surface area contributed by atoms with E-state index >= 15 is 0 Å². The summed E-state index contributed by atoms with van der Waals surface area (Å²) in [4.78, 5) is 0. The van der Waals surface area contributed by atoms with Gasteiger partial charge in [-0.25, -0.2) is 0 Å². The van der Waals surface area contributed by atoms with Gasteiger partial charge in [0.05, 0.1) is 6.61 Å². The van der Waals surface area contributed by atoms with E-state index in [9.17, 15) is 0 Å². The maximum Gasteiger partial charge on any atom is 0.377 e. The van der Waals surface area contributed by atoms with Crippen LogP contribution in [-0.4, -0.2) is 18.0 Å². The summed E-state index contributed by atoms with van der Waals surface area (Å²) in [6, 6.07) is 2.71. The monoisotopic (exact) mass is 326 g/mol. The highest BCUT2D eigenvalue weighted by atomic mass is 35.8. The maximum absolute atomic E-state index is 5.76. The van der Waals surface area contributed by atoms with Gasteiger partial charge in [-0.05, 0) is 18.2 Å². The summed E-state index contributed by atoms with van der Waals surface area (Å²) < 4.78 is 16.7. The molecule has 0 amide bonds. The van der Waals surface area contributed by atoms with Crippen LogP contribution in [0.25, 0.3) is 0 Å². The topological polar surface area (TPSA) is 27.7 Å². The van der Waals surface area contributed by atoms with Gasteiger partial charge >= 0.3 is 6.00 Å². The van der Waals surface area contributed by atoms with E-state index in [2.05, 4.69) is 0 Å². The molecule has 0 saturated carbocycles. The van der Waals surface area contributed by atoms with Crippen LogP contribution < -0.4 is 9.47 Å². The van der Waals surface area contributed by atoms with E-state index in [-0.39, 0.29) is 6.23 Å². The quantitative estimate of drug-likeness (QED) is 0.622. The van der Waals surface area contributed by atoms with Gasteiger partial charge in [-0.15, -0.1) is 33.2 Å². The lowest BCUT2D eigenvalue weighted by Crippen LogP contribution is -2.35. The van der Waals surface area contributed by atoms with Crippen LogP contribution in [0.15, 0.2) is 18.2 Å². The number of hydrogen-bond donors (Lipinski definition) is 0. The second-order valence-corrected chi connectivity index (χ2v) is 13.5. The molecule has 1 aromatic rings. The molecule has 7 heteroatoms. The number of ether oxygens (including phenoxy) is 3. The SMILES string of the molecule is CC1(C)OCc2cc(OC[Si](Cl)(Cl)Cl)ccc2O1. The number of hydrogen-bond acceptors (Lipinski definition) is 3. The Bertz CT molecular complexity index is 446. The molecule has 0 N–H and O–H groups in total. The van der Waals surface area contributed by atoms with Crippen LogP contribution in [0, 0.1) is 0 Å². The molecule has 3 nitrogen and oxygen atoms in total. The van der Waals surface area contributed by atoms with Crippen molar-refractivity contribution in [1.29, 1.82) is 0 Å². The smallest absolute Gasteiger partial charge is 0.377 e. The molecular weight excluding hydrogens is 315 g/mol. The Labute approximate surface area is 121 Å². The molecule has 2 rings (SSSR count). The van der Waals surface area contributed by atoms with Crippen LogP contribution in [0.1, 0.15) is 19.4 Å². The molecule has 1 aliphatic rings. The highest BCUT2D eigenvalue weighted by molar-refractivity contribution is 7.64. The molecular formula is C11H13Cl3O3Si. The predicted octanol–water partition coefficient (Wildman–Crippen LogP) is 3.91. The van der Waals surface area contributed by atoms with Crippen LogP contribution >= 0.6 is 33.2 Å². The molecule has 18 heavy (non-hydrogen) atoms. The molecule has 0 atom stereocenters. The minimum Gasteiger partial charge on any atom is -0.493 e. The second-order valence-electron chi connectivity index (χ2n) is 4.46. The van der Waals surface area contributed by atoms with E-state index in [1.54, 1.807) is 6.07 Å². The molecule has 0 aliphatic carbocycles. The van der Waals surface area contributed by atoms with Crippen molar-refractivity contribution in [2.45, 2.75) is 26.2 Å². The third-order valence-electron chi connectivity index (χ3n) is 2.37. The molecule has 0 aromatic heterocycles. The fraction of sp³-hybridized carbons (Fsp3) is 0.455. The van der Waals surface area contributed by atoms with E-state index in [1.807, 2.05) is 26.0 Å². The standard InChI is InChI=1S/C11H13Cl3O3Si/c1-11(2)16-6-8-5-9(3-4-10(8)17-11)15-7-18(12,13)14/h3-5H,6-7H2,1-2H3. The first-order chi connectivity index (χ1) is 8.25. The summed E-state index contributed by atoms with van der Waals surface area (Å²) in [6.07, 6.45) is 0.129. The number of rotatable bonds is 3. The summed E-state index contributed by atoms with van der Waals surface area (Å²) in [7, 11) is 0. The summed E-state index contributed by atoms with van der Waals surface area (Å²) in [5.74, 6) is 0.851. The fourth-order valence-electron chi connectivity index (χ4n) is 1.57. The minimum absolute atomic E-state index is 0.129. The van der Waals surface area contributed by atoms with E-state index in [0.29, 0.717) is 12.4 Å². The Hall–Kier alpha value is -0.133. The highest BCUT2D eigenvalue weighted by Crippen LogP contribution is 2.34. The van der Waals surface area contributed by atoms with Crippen LogP contribution in [0.5, 0.6) is 11.5 Å². The first-order valence-corrected chi connectivity index (χ1v) is 10.6. The fourth-order valence-corrected chi connectivity index (χ4v) is 2.39. The van der Waals surface area contributed by atoms with Crippen LogP contribution in [0.3, 0.4) is 0 Å². The van der Waals surface area contributed by atoms with E-state index < -0.39 is 11.8 Å². The third-order valence-corrected chi connectivity index (χ3v) is 3.82. The van der Waals surface area contributed by atoms with Gasteiger partial charge < -0.3 is 14.2 Å². The lowest BCUT2D eigenvalue weighted by molar-refractivity contribution is -0.180. The van der Waals surface area contributed by atoms with Gasteiger partial charge in [-0.2, -0.15) is 0 Å². The summed E-state index contributed by atoms with van der Waals surface area (Å²) in [5.41, 5.74) is 0.929. The molecule has 0 fully saturated rings. The van der Waals surface area contributed by atoms with Gasteiger partial charge in [-0.3, -0.25) is 0 Å². The van der Waals surface area contributed by atoms with Crippen LogP contribution in [0.2, 0.25) is 0 Å². The van der Waals surface area contributed by atoms with Crippen molar-refractivity contribution in [3.05, 3.63) is 23.8 Å². The molecule has 1 aromatic carbocycles. The Morgan fingerprint density at radius 3 is 2.72 bits per heavy atom. The zero-order chi connectivity index (χ0) is 13.4. The zero-order valence-corrected chi connectivity index (χ0v) is 13.3. The van der Waals surface area contributed by atoms with Crippen LogP contribution in [-0.2, 0) is 11.3 Å². The molecule has 1 aliphatic heterocycles. The van der Waals surface area contributed by atoms with E-state index in [0.717, 1.165) is 11.3 Å². The predicted molar refractivity (Wildman–Crippen MR) is 74.7 cm³/mol. The molecule has 0 spiro atoms. The Morgan fingerprint density at radius 1 is 1.33 bits per heavy atom. The van der Waals surface area contributed by atoms with Crippen molar-refractivity contribution in [2.24, 2.45) is 0 Å². The molecule has 0 unspecified atom stereocenters. The largest absolute Gasteiger partial charge is 0.493 e.